The maximum atomic E-state index is 12.9. The average molecular weight is 460 g/mol. The van der Waals surface area contributed by atoms with Gasteiger partial charge in [0.05, 0.1) is 25.9 Å². The predicted molar refractivity (Wildman–Crippen MR) is 131 cm³/mol. The molecule has 34 heavy (non-hydrogen) atoms. The second-order valence-corrected chi connectivity index (χ2v) is 8.25. The molecule has 0 aliphatic carbocycles. The van der Waals surface area contributed by atoms with E-state index >= 15 is 0 Å². The smallest absolute Gasteiger partial charge is 0.264 e. The van der Waals surface area contributed by atoms with Gasteiger partial charge in [0.15, 0.2) is 5.65 Å². The van der Waals surface area contributed by atoms with E-state index in [1.165, 1.54) is 6.20 Å². The van der Waals surface area contributed by atoms with E-state index in [-0.39, 0.29) is 11.5 Å². The van der Waals surface area contributed by atoms with E-state index in [2.05, 4.69) is 28.4 Å². The second-order valence-electron chi connectivity index (χ2n) is 8.25. The number of unbranched alkanes of at least 4 members (excludes halogenated alkanes) is 1. The highest BCUT2D eigenvalue weighted by Crippen LogP contribution is 2.13. The third kappa shape index (κ3) is 5.51. The highest BCUT2D eigenvalue weighted by molar-refractivity contribution is 5.94. The minimum Gasteiger partial charge on any atom is -0.494 e. The molecule has 2 aromatic carbocycles. The first-order valence-electron chi connectivity index (χ1n) is 11.5. The molecular weight excluding hydrogens is 430 g/mol. The highest BCUT2D eigenvalue weighted by Gasteiger charge is 2.11. The highest BCUT2D eigenvalue weighted by atomic mass is 16.5. The Balaban J connectivity index is 1.36. The van der Waals surface area contributed by atoms with Crippen molar-refractivity contribution in [3.8, 4) is 5.75 Å². The van der Waals surface area contributed by atoms with Gasteiger partial charge in [-0.15, -0.1) is 0 Å². The molecule has 0 aliphatic heterocycles. The number of nitrogens with zero attached hydrogens (tertiary/aromatic N) is 4. The van der Waals surface area contributed by atoms with E-state index in [1.54, 1.807) is 39.8 Å². The summed E-state index contributed by atoms with van der Waals surface area (Å²) in [6, 6.07) is 15.1. The van der Waals surface area contributed by atoms with Crippen LogP contribution in [-0.4, -0.2) is 38.4 Å². The molecule has 176 valence electrons. The van der Waals surface area contributed by atoms with Crippen molar-refractivity contribution in [2.24, 2.45) is 0 Å². The van der Waals surface area contributed by atoms with Crippen molar-refractivity contribution in [1.29, 1.82) is 0 Å². The Kier molecular flexibility index (Phi) is 7.37. The number of hydrogen-bond acceptors (Lipinski definition) is 5. The minimum atomic E-state index is -0.176. The van der Waals surface area contributed by atoms with Gasteiger partial charge in [-0.25, -0.2) is 9.67 Å². The molecule has 0 aliphatic rings. The number of carbonyl (C=O) groups is 1. The zero-order chi connectivity index (χ0) is 23.9. The third-order valence-electron chi connectivity index (χ3n) is 5.55. The Hall–Kier alpha value is -3.94. The van der Waals surface area contributed by atoms with E-state index in [4.69, 9.17) is 4.74 Å². The second kappa shape index (κ2) is 10.8. The maximum Gasteiger partial charge on any atom is 0.264 e. The Bertz CT molecular complexity index is 1320. The fraction of sp³-hybridized carbons (Fsp3) is 0.308. The van der Waals surface area contributed by atoms with Crippen molar-refractivity contribution in [1.82, 2.24) is 24.6 Å². The van der Waals surface area contributed by atoms with Crippen molar-refractivity contribution in [2.45, 2.75) is 39.8 Å². The minimum absolute atomic E-state index is 0.136. The van der Waals surface area contributed by atoms with Crippen molar-refractivity contribution < 1.29 is 9.53 Å². The van der Waals surface area contributed by atoms with E-state index in [0.717, 1.165) is 29.7 Å². The third-order valence-corrected chi connectivity index (χ3v) is 5.55. The number of aromatic nitrogens is 4. The topological polar surface area (TPSA) is 91.0 Å². The Morgan fingerprint density at radius 3 is 2.74 bits per heavy atom. The summed E-state index contributed by atoms with van der Waals surface area (Å²) in [5.41, 5.74) is 3.12. The van der Waals surface area contributed by atoms with Crippen LogP contribution in [0.4, 0.5) is 0 Å². The first kappa shape index (κ1) is 23.2. The number of rotatable bonds is 10. The monoisotopic (exact) mass is 459 g/mol. The Labute approximate surface area is 198 Å². The molecular formula is C26H29N5O3. The van der Waals surface area contributed by atoms with Crippen molar-refractivity contribution in [3.63, 3.8) is 0 Å². The number of ether oxygens (including phenoxy) is 1. The van der Waals surface area contributed by atoms with Gasteiger partial charge in [0.25, 0.3) is 11.5 Å². The summed E-state index contributed by atoms with van der Waals surface area (Å²) in [4.78, 5) is 29.8. The summed E-state index contributed by atoms with van der Waals surface area (Å²) in [5.74, 6) is 0.581. The fourth-order valence-corrected chi connectivity index (χ4v) is 3.70. The Morgan fingerprint density at radius 2 is 1.97 bits per heavy atom. The number of nitrogens with one attached hydrogen (secondary N) is 1. The standard InChI is InChI=1S/C26H29N5O3/c1-3-4-14-34-22-10-8-21(9-11-22)25(32)27-12-13-31-24-23(16-29-31)26(33)30(18-28-24)17-20-7-5-6-19(2)15-20/h5-11,15-16,18H,3-4,12-14,17H2,1-2H3,(H,27,32). The van der Waals surface area contributed by atoms with Gasteiger partial charge in [-0.1, -0.05) is 43.2 Å². The molecule has 8 nitrogen and oxygen atoms in total. The van der Waals surface area contributed by atoms with Crippen LogP contribution in [0, 0.1) is 6.92 Å². The average Bonchev–Trinajstić information content (AvgIpc) is 3.25. The summed E-state index contributed by atoms with van der Waals surface area (Å²) in [6.07, 6.45) is 5.16. The van der Waals surface area contributed by atoms with Crippen LogP contribution < -0.4 is 15.6 Å². The van der Waals surface area contributed by atoms with Crippen LogP contribution in [0.3, 0.4) is 0 Å². The normalized spacial score (nSPS) is 11.0. The van der Waals surface area contributed by atoms with Crippen LogP contribution in [-0.2, 0) is 13.1 Å². The summed E-state index contributed by atoms with van der Waals surface area (Å²) < 4.78 is 8.85. The molecule has 1 amide bonds. The molecule has 2 aromatic heterocycles. The molecule has 0 bridgehead atoms. The molecule has 4 aromatic rings. The lowest BCUT2D eigenvalue weighted by molar-refractivity contribution is 0.0952. The summed E-state index contributed by atoms with van der Waals surface area (Å²) in [5, 5.41) is 7.65. The van der Waals surface area contributed by atoms with Gasteiger partial charge in [-0.2, -0.15) is 5.10 Å². The van der Waals surface area contributed by atoms with Gasteiger partial charge < -0.3 is 10.1 Å². The zero-order valence-electron chi connectivity index (χ0n) is 19.5. The summed E-state index contributed by atoms with van der Waals surface area (Å²) in [6.45, 7) is 6.02. The van der Waals surface area contributed by atoms with Gasteiger partial charge in [-0.3, -0.25) is 14.2 Å². The molecule has 8 heteroatoms. The summed E-state index contributed by atoms with van der Waals surface area (Å²) >= 11 is 0. The molecule has 0 saturated heterocycles. The number of aryl methyl sites for hydroxylation is 1. The van der Waals surface area contributed by atoms with E-state index < -0.39 is 0 Å². The van der Waals surface area contributed by atoms with Gasteiger partial charge >= 0.3 is 0 Å². The van der Waals surface area contributed by atoms with Crippen LogP contribution in [0.25, 0.3) is 11.0 Å². The van der Waals surface area contributed by atoms with Crippen molar-refractivity contribution >= 4 is 16.9 Å². The van der Waals surface area contributed by atoms with Gasteiger partial charge in [0, 0.05) is 12.1 Å². The van der Waals surface area contributed by atoms with E-state index in [0.29, 0.717) is 42.8 Å². The number of fused-ring (bicyclic) bond motifs is 1. The molecule has 4 rings (SSSR count). The molecule has 2 heterocycles. The maximum absolute atomic E-state index is 12.9. The van der Waals surface area contributed by atoms with E-state index in [1.807, 2.05) is 25.1 Å². The van der Waals surface area contributed by atoms with Crippen LogP contribution in [0.1, 0.15) is 41.3 Å². The first-order chi connectivity index (χ1) is 16.5. The first-order valence-corrected chi connectivity index (χ1v) is 11.5. The SMILES string of the molecule is CCCCOc1ccc(C(=O)NCCn2ncc3c(=O)n(Cc4cccc(C)c4)cnc32)cc1. The number of benzene rings is 2. The number of carbonyl (C=O) groups excluding carboxylic acids is 1. The van der Waals surface area contributed by atoms with Gasteiger partial charge in [-0.05, 0) is 43.2 Å². The molecule has 0 spiro atoms. The van der Waals surface area contributed by atoms with Crippen molar-refractivity contribution in [3.05, 3.63) is 88.1 Å². The summed E-state index contributed by atoms with van der Waals surface area (Å²) in [7, 11) is 0. The lowest BCUT2D eigenvalue weighted by Gasteiger charge is -2.09. The molecule has 0 radical (unpaired) electrons. The van der Waals surface area contributed by atoms with E-state index in [9.17, 15) is 9.59 Å². The molecule has 0 saturated carbocycles. The largest absolute Gasteiger partial charge is 0.494 e. The van der Waals surface area contributed by atoms with Crippen LogP contribution in [0.5, 0.6) is 5.75 Å². The predicted octanol–water partition coefficient (Wildman–Crippen LogP) is 3.56. The Morgan fingerprint density at radius 1 is 1.15 bits per heavy atom. The van der Waals surface area contributed by atoms with Crippen molar-refractivity contribution in [2.75, 3.05) is 13.2 Å². The molecule has 0 unspecified atom stereocenters. The molecule has 0 atom stereocenters. The van der Waals surface area contributed by atoms with Gasteiger partial charge in [0.2, 0.25) is 0 Å². The lowest BCUT2D eigenvalue weighted by Crippen LogP contribution is -2.27. The van der Waals surface area contributed by atoms with Crippen LogP contribution in [0.15, 0.2) is 65.8 Å². The number of hydrogen-bond donors (Lipinski definition) is 1. The van der Waals surface area contributed by atoms with Crippen LogP contribution >= 0.6 is 0 Å². The quantitative estimate of drug-likeness (QED) is 0.366. The number of amides is 1. The zero-order valence-corrected chi connectivity index (χ0v) is 19.5. The van der Waals surface area contributed by atoms with Crippen LogP contribution in [0.2, 0.25) is 0 Å². The molecule has 1 N–H and O–H groups in total. The van der Waals surface area contributed by atoms with Gasteiger partial charge in [0.1, 0.15) is 17.5 Å². The fourth-order valence-electron chi connectivity index (χ4n) is 3.70. The molecule has 0 fully saturated rings. The lowest BCUT2D eigenvalue weighted by atomic mass is 10.1.